The normalized spacial score (nSPS) is 29.0. The van der Waals surface area contributed by atoms with Crippen molar-refractivity contribution < 1.29 is 168 Å². The minimum absolute atomic E-state index is 0.00650. The van der Waals surface area contributed by atoms with Gasteiger partial charge in [0.25, 0.3) is 17.8 Å². The maximum absolute atomic E-state index is 14.6. The number of alkyl halides is 6. The standard InChI is InChI=1S/4C18H22F2N2O5.C17H19F2IN2O5/c2*1-10-7-21(5-4-11-2-3-12(19)6-13(11)20)18(26)22(8-10)17-16(25)15(24)14(9-23)27-17;2*1-11-7-21(10-18(19,20)12-5-3-2-4-6-12)17(26)22(8-11)16-15(25)14(24)13(9-23)27-16;18-17(19,10-4-2-1-3-5-10)9-21-6-11(20)7-22(16(21)26)15-14(25)13(24)12(8-23)27-15/h2*2-3,6,8,14-17,23-25H,4-5,7,9H2,1H3;2*2-6,8,13-16,23-25H,7,9-10H2,1H3;1-5,7,12-15,23-25H,6,8-9H2/t2*14-,15+,16?,17-;2*13-,14+,15?,16-;12-,13+,14?,15-/m11111/s1. The molecule has 5 aromatic rings. The van der Waals surface area contributed by atoms with Gasteiger partial charge in [-0.1, -0.05) is 103 Å². The molecule has 20 atom stereocenters. The van der Waals surface area contributed by atoms with E-state index in [4.69, 9.17) is 23.7 Å². The number of amides is 10. The molecule has 15 N–H and O–H groups in total. The third-order valence-electron chi connectivity index (χ3n) is 23.3. The lowest BCUT2D eigenvalue weighted by atomic mass is 10.1. The summed E-state index contributed by atoms with van der Waals surface area (Å²) in [6, 6.07) is 24.9. The van der Waals surface area contributed by atoms with Crippen molar-refractivity contribution in [1.82, 2.24) is 49.0 Å². The average Bonchev–Trinajstić information content (AvgIpc) is 1.69. The summed E-state index contributed by atoms with van der Waals surface area (Å²) in [5.41, 5.74) is 2.77. The van der Waals surface area contributed by atoms with Gasteiger partial charge in [-0.05, 0) is 109 Å². The van der Waals surface area contributed by atoms with Crippen molar-refractivity contribution in [2.75, 3.05) is 98.5 Å². The topological polar surface area (TPSA) is 467 Å². The molecule has 15 rings (SSSR count). The number of hydrogen-bond donors (Lipinski definition) is 15. The van der Waals surface area contributed by atoms with E-state index in [-0.39, 0.29) is 73.4 Å². The second-order valence-corrected chi connectivity index (χ2v) is 35.1. The van der Waals surface area contributed by atoms with Crippen molar-refractivity contribution >= 4 is 52.7 Å². The average molecular weight is 2030 g/mol. The first kappa shape index (κ1) is 106. The van der Waals surface area contributed by atoms with Crippen LogP contribution < -0.4 is 0 Å². The molecule has 740 valence electrons. The van der Waals surface area contributed by atoms with Crippen LogP contribution in [0.2, 0.25) is 0 Å². The van der Waals surface area contributed by atoms with Crippen LogP contribution in [0.3, 0.4) is 0 Å². The van der Waals surface area contributed by atoms with Gasteiger partial charge in [-0.2, -0.15) is 26.3 Å². The van der Waals surface area contributed by atoms with Crippen LogP contribution in [-0.4, -0.2) is 377 Å². The predicted octanol–water partition coefficient (Wildman–Crippen LogP) is 4.12. The first-order valence-corrected chi connectivity index (χ1v) is 43.7. The fraction of sp³-hybridized carbons (Fsp3) is 0.494. The molecule has 5 unspecified atom stereocenters. The van der Waals surface area contributed by atoms with Crippen molar-refractivity contribution in [3.05, 3.63) is 235 Å². The maximum Gasteiger partial charge on any atom is 0.326 e. The lowest BCUT2D eigenvalue weighted by Gasteiger charge is -2.38. The lowest BCUT2D eigenvalue weighted by Crippen LogP contribution is -2.54. The van der Waals surface area contributed by atoms with Crippen molar-refractivity contribution in [3.8, 4) is 0 Å². The zero-order valence-corrected chi connectivity index (χ0v) is 75.2. The number of halogens is 11. The van der Waals surface area contributed by atoms with Crippen LogP contribution in [0.15, 0.2) is 184 Å². The third kappa shape index (κ3) is 24.9. The Labute approximate surface area is 781 Å². The highest BCUT2D eigenvalue weighted by Crippen LogP contribution is 2.40. The quantitative estimate of drug-likeness (QED) is 0.0288. The summed E-state index contributed by atoms with van der Waals surface area (Å²) in [4.78, 5) is 74.9. The number of ether oxygens (including phenoxy) is 5. The highest BCUT2D eigenvalue weighted by Gasteiger charge is 2.55. The van der Waals surface area contributed by atoms with Crippen LogP contribution in [0.4, 0.5) is 67.9 Å². The number of carbonyl (C=O) groups excluding carboxylic acids is 5. The van der Waals surface area contributed by atoms with E-state index in [1.807, 2.05) is 22.6 Å². The number of rotatable bonds is 25. The highest BCUT2D eigenvalue weighted by molar-refractivity contribution is 14.1. The second-order valence-electron chi connectivity index (χ2n) is 33.7. The molecule has 0 radical (unpaired) electrons. The minimum atomic E-state index is -3.26. The van der Waals surface area contributed by atoms with Gasteiger partial charge >= 0.3 is 30.2 Å². The van der Waals surface area contributed by atoms with E-state index in [0.29, 0.717) is 27.8 Å². The molecule has 35 nitrogen and oxygen atoms in total. The van der Waals surface area contributed by atoms with E-state index in [9.17, 15) is 144 Å². The van der Waals surface area contributed by atoms with Crippen LogP contribution in [0.1, 0.15) is 55.5 Å². The van der Waals surface area contributed by atoms with Gasteiger partial charge in [0, 0.05) is 103 Å². The molecule has 10 heterocycles. The van der Waals surface area contributed by atoms with Crippen LogP contribution in [-0.2, 0) is 54.3 Å². The number of urea groups is 5. The van der Waals surface area contributed by atoms with Gasteiger partial charge < -0.3 is 125 Å². The van der Waals surface area contributed by atoms with Gasteiger partial charge in [0.1, 0.15) is 115 Å². The van der Waals surface area contributed by atoms with E-state index in [1.54, 1.807) is 45.9 Å². The molecule has 46 heteroatoms. The molecule has 0 saturated carbocycles. The number of aliphatic hydroxyl groups excluding tert-OH is 15. The van der Waals surface area contributed by atoms with Gasteiger partial charge in [0.2, 0.25) is 0 Å². The number of nitrogens with zero attached hydrogens (tertiary/aromatic N) is 10. The van der Waals surface area contributed by atoms with Crippen molar-refractivity contribution in [3.63, 3.8) is 0 Å². The van der Waals surface area contributed by atoms with Gasteiger partial charge in [-0.25, -0.2) is 41.5 Å². The van der Waals surface area contributed by atoms with E-state index >= 15 is 0 Å². The maximum atomic E-state index is 14.6. The zero-order chi connectivity index (χ0) is 98.7. The first-order valence-electron chi connectivity index (χ1n) is 42.6. The van der Waals surface area contributed by atoms with Crippen LogP contribution in [0.5, 0.6) is 0 Å². The number of benzene rings is 5. The molecule has 5 aromatic carbocycles. The Kier molecular flexibility index (Phi) is 35.9. The Balaban J connectivity index is 0.000000162. The summed E-state index contributed by atoms with van der Waals surface area (Å²) in [5.74, 6) is -12.5. The summed E-state index contributed by atoms with van der Waals surface area (Å²) in [6.45, 7) is 2.72. The molecular weight excluding hydrogens is 1930 g/mol. The molecule has 135 heavy (non-hydrogen) atoms. The Morgan fingerprint density at radius 1 is 0.319 bits per heavy atom. The second kappa shape index (κ2) is 45.8. The molecule has 10 aliphatic rings. The van der Waals surface area contributed by atoms with E-state index < -0.39 is 247 Å². The number of aliphatic hydroxyl groups is 15. The predicted molar refractivity (Wildman–Crippen MR) is 461 cm³/mol. The molecule has 0 aromatic heterocycles. The summed E-state index contributed by atoms with van der Waals surface area (Å²) in [6.07, 6.45) is -17.6. The van der Waals surface area contributed by atoms with Crippen LogP contribution in [0, 0.1) is 23.3 Å². The van der Waals surface area contributed by atoms with Gasteiger partial charge in [0.05, 0.1) is 59.2 Å². The lowest BCUT2D eigenvalue weighted by molar-refractivity contribution is -0.0772. The van der Waals surface area contributed by atoms with E-state index in [0.717, 1.165) is 64.8 Å². The molecule has 0 spiro atoms. The summed E-state index contributed by atoms with van der Waals surface area (Å²) in [5, 5.41) is 146. The molecular formula is C89H107F10IN10O25. The molecule has 0 bridgehead atoms. The Hall–Kier alpha value is -9.62. The number of carbonyl (C=O) groups is 5. The Bertz CT molecular complexity index is 4650. The smallest absolute Gasteiger partial charge is 0.326 e. The minimum Gasteiger partial charge on any atom is -0.394 e. The summed E-state index contributed by atoms with van der Waals surface area (Å²) in [7, 11) is 0. The molecule has 5 fully saturated rings. The monoisotopic (exact) mass is 2030 g/mol. The highest BCUT2D eigenvalue weighted by atomic mass is 127. The summed E-state index contributed by atoms with van der Waals surface area (Å²) < 4.78 is 169. The Morgan fingerprint density at radius 3 is 0.770 bits per heavy atom. The molecule has 0 aliphatic carbocycles. The molecule has 10 amide bonds. The van der Waals surface area contributed by atoms with Gasteiger partial charge in [-0.15, -0.1) is 0 Å². The van der Waals surface area contributed by atoms with E-state index in [2.05, 4.69) is 0 Å². The Morgan fingerprint density at radius 2 is 0.541 bits per heavy atom. The van der Waals surface area contributed by atoms with Crippen molar-refractivity contribution in [2.24, 2.45) is 0 Å². The molecule has 5 saturated heterocycles. The third-order valence-corrected chi connectivity index (χ3v) is 23.9. The van der Waals surface area contributed by atoms with Crippen molar-refractivity contribution in [1.29, 1.82) is 0 Å². The largest absolute Gasteiger partial charge is 0.394 e. The zero-order valence-electron chi connectivity index (χ0n) is 73.0. The summed E-state index contributed by atoms with van der Waals surface area (Å²) >= 11 is 1.91. The van der Waals surface area contributed by atoms with Crippen molar-refractivity contribution in [2.45, 2.75) is 181 Å². The van der Waals surface area contributed by atoms with Gasteiger partial charge in [-0.3, -0.25) is 24.5 Å². The van der Waals surface area contributed by atoms with Crippen LogP contribution >= 0.6 is 22.6 Å². The fourth-order valence-electron chi connectivity index (χ4n) is 16.3. The van der Waals surface area contributed by atoms with Crippen LogP contribution in [0.25, 0.3) is 0 Å². The number of hydrogen-bond acceptors (Lipinski definition) is 25. The van der Waals surface area contributed by atoms with E-state index in [1.165, 1.54) is 136 Å². The molecule has 10 aliphatic heterocycles. The first-order chi connectivity index (χ1) is 63.8. The fourth-order valence-corrected chi connectivity index (χ4v) is 17.0. The van der Waals surface area contributed by atoms with Gasteiger partial charge in [0.15, 0.2) is 31.1 Å². The SMILES string of the molecule is CC1=CN([C@@H]2O[C@H](CO)[C@H](O)C2O)C(=O)N(CC(F)(F)c2ccccc2)C1.CC1=CN([C@@H]2O[C@H](CO)[C@H](O)C2O)C(=O)N(CC(F)(F)c2ccccc2)C1.CC1=CN([C@@H]2O[C@H](CO)[C@H](O)C2O)C(=O)N(CCc2ccc(F)cc2F)C1.CC1=CN([C@@H]2O[C@H](CO)[C@H](O)C2O)C(=O)N(CCc2ccc(F)cc2F)C1.O=C1N(CC(F)(F)c2ccccc2)CC(I)=CN1[C@@H]1O[C@H](CO)[C@H](O)C1O.